The molecule has 1 aromatic rings. The highest BCUT2D eigenvalue weighted by Gasteiger charge is 2.21. The molecule has 0 aromatic heterocycles. The number of nitriles is 2. The summed E-state index contributed by atoms with van der Waals surface area (Å²) in [6.07, 6.45) is -0.727. The van der Waals surface area contributed by atoms with Gasteiger partial charge in [0.25, 0.3) is 5.91 Å². The summed E-state index contributed by atoms with van der Waals surface area (Å²) >= 11 is 0. The molecule has 25 heavy (non-hydrogen) atoms. The van der Waals surface area contributed by atoms with Crippen molar-refractivity contribution in [3.05, 3.63) is 41.0 Å². The molecule has 0 spiro atoms. The Hall–Kier alpha value is -3.16. The number of benzene rings is 1. The average molecular weight is 339 g/mol. The molecule has 0 saturated carbocycles. The van der Waals surface area contributed by atoms with Crippen molar-refractivity contribution in [3.8, 4) is 12.1 Å². The van der Waals surface area contributed by atoms with Gasteiger partial charge in [0.2, 0.25) is 0 Å². The molecule has 7 heteroatoms. The van der Waals surface area contributed by atoms with Gasteiger partial charge in [-0.3, -0.25) is 9.79 Å². The normalized spacial score (nSPS) is 13.5. The van der Waals surface area contributed by atoms with E-state index in [-0.39, 0.29) is 29.6 Å². The highest BCUT2D eigenvalue weighted by molar-refractivity contribution is 6.47. The van der Waals surface area contributed by atoms with Crippen LogP contribution in [0.15, 0.2) is 34.8 Å². The first kappa shape index (κ1) is 19.9. The number of nitrogens with one attached hydrogen (secondary N) is 1. The van der Waals surface area contributed by atoms with Crippen molar-refractivity contribution in [2.45, 2.75) is 32.9 Å². The Morgan fingerprint density at radius 1 is 1.28 bits per heavy atom. The van der Waals surface area contributed by atoms with Gasteiger partial charge in [-0.15, -0.1) is 0 Å². The number of nitrogens with two attached hydrogens (primary N) is 1. The summed E-state index contributed by atoms with van der Waals surface area (Å²) in [5, 5.41) is 30.2. The lowest BCUT2D eigenvalue weighted by atomic mass is 10.0. The predicted molar refractivity (Wildman–Crippen MR) is 95.1 cm³/mol. The summed E-state index contributed by atoms with van der Waals surface area (Å²) in [5.41, 5.74) is 7.00. The first-order valence-corrected chi connectivity index (χ1v) is 7.75. The Morgan fingerprint density at radius 3 is 2.32 bits per heavy atom. The zero-order chi connectivity index (χ0) is 19.0. The van der Waals surface area contributed by atoms with Crippen molar-refractivity contribution in [2.75, 3.05) is 6.54 Å². The van der Waals surface area contributed by atoms with Crippen molar-refractivity contribution in [3.63, 3.8) is 0 Å². The number of aliphatic hydroxyl groups excluding tert-OH is 1. The van der Waals surface area contributed by atoms with Crippen LogP contribution in [0.4, 0.5) is 0 Å². The quantitative estimate of drug-likeness (QED) is 0.527. The third-order valence-corrected chi connectivity index (χ3v) is 3.10. The summed E-state index contributed by atoms with van der Waals surface area (Å²) in [4.78, 5) is 16.6. The Bertz CT molecular complexity index is 762. The van der Waals surface area contributed by atoms with Gasteiger partial charge in [0.05, 0.1) is 23.4 Å². The van der Waals surface area contributed by atoms with Gasteiger partial charge in [0.1, 0.15) is 17.4 Å². The van der Waals surface area contributed by atoms with Crippen LogP contribution in [-0.2, 0) is 4.79 Å². The van der Waals surface area contributed by atoms with Crippen LogP contribution in [-0.4, -0.2) is 35.4 Å². The lowest BCUT2D eigenvalue weighted by Crippen LogP contribution is -2.37. The van der Waals surface area contributed by atoms with Gasteiger partial charge >= 0.3 is 0 Å². The van der Waals surface area contributed by atoms with Crippen molar-refractivity contribution in [2.24, 2.45) is 10.7 Å². The zero-order valence-electron chi connectivity index (χ0n) is 14.4. The molecule has 130 valence electrons. The molecule has 7 nitrogen and oxygen atoms in total. The van der Waals surface area contributed by atoms with E-state index in [1.165, 1.54) is 6.92 Å². The van der Waals surface area contributed by atoms with Gasteiger partial charge in [-0.2, -0.15) is 10.5 Å². The topological polar surface area (TPSA) is 135 Å². The van der Waals surface area contributed by atoms with Gasteiger partial charge in [-0.1, -0.05) is 12.1 Å². The monoisotopic (exact) mass is 339 g/mol. The van der Waals surface area contributed by atoms with Crippen molar-refractivity contribution >= 4 is 17.3 Å². The molecular formula is C18H21N5O2. The van der Waals surface area contributed by atoms with Crippen LogP contribution >= 0.6 is 0 Å². The molecule has 0 aliphatic rings. The average Bonchev–Trinajstić information content (AvgIpc) is 2.58. The molecule has 1 amide bonds. The van der Waals surface area contributed by atoms with Crippen LogP contribution < -0.4 is 11.1 Å². The highest BCUT2D eigenvalue weighted by atomic mass is 16.3. The molecule has 0 bridgehead atoms. The summed E-state index contributed by atoms with van der Waals surface area (Å²) in [7, 11) is 0. The first-order valence-electron chi connectivity index (χ1n) is 7.75. The minimum Gasteiger partial charge on any atom is -0.397 e. The second kappa shape index (κ2) is 9.21. The van der Waals surface area contributed by atoms with E-state index in [1.54, 1.807) is 38.1 Å². The second-order valence-electron chi connectivity index (χ2n) is 5.72. The van der Waals surface area contributed by atoms with Crippen LogP contribution in [0.2, 0.25) is 0 Å². The van der Waals surface area contributed by atoms with Crippen LogP contribution in [0.25, 0.3) is 5.70 Å². The number of rotatable bonds is 6. The largest absolute Gasteiger partial charge is 0.397 e. The van der Waals surface area contributed by atoms with E-state index in [4.69, 9.17) is 11.0 Å². The number of carbonyl (C=O) groups is 1. The smallest absolute Gasteiger partial charge is 0.270 e. The van der Waals surface area contributed by atoms with Crippen LogP contribution in [0.3, 0.4) is 0 Å². The summed E-state index contributed by atoms with van der Waals surface area (Å²) in [5.74, 6) is -0.581. The van der Waals surface area contributed by atoms with Crippen molar-refractivity contribution < 1.29 is 9.90 Å². The predicted octanol–water partition coefficient (Wildman–Crippen LogP) is 1.10. The van der Waals surface area contributed by atoms with Crippen molar-refractivity contribution in [1.82, 2.24) is 5.32 Å². The molecule has 0 saturated heterocycles. The number of nitrogens with zero attached hydrogens (tertiary/aromatic N) is 3. The highest BCUT2D eigenvalue weighted by Crippen LogP contribution is 2.16. The molecule has 1 unspecified atom stereocenters. The van der Waals surface area contributed by atoms with Gasteiger partial charge in [-0.25, -0.2) is 0 Å². The molecule has 0 radical (unpaired) electrons. The third kappa shape index (κ3) is 5.76. The van der Waals surface area contributed by atoms with E-state index >= 15 is 0 Å². The number of aliphatic hydroxyl groups is 1. The fourth-order valence-electron chi connectivity index (χ4n) is 1.93. The summed E-state index contributed by atoms with van der Waals surface area (Å²) in [6, 6.07) is 10.1. The molecule has 1 aromatic carbocycles. The standard InChI is InChI=1S/C18H21N5O2/c1-11(2)23-17(18(25)22-10-12(3)24)15(9-20)16(21)14-6-4-13(8-19)5-7-14/h4-7,11-12,24H,10,21H2,1-3H3,(H,22,25). The molecule has 1 atom stereocenters. The van der Waals surface area contributed by atoms with E-state index in [2.05, 4.69) is 10.3 Å². The van der Waals surface area contributed by atoms with Crippen LogP contribution in [0.1, 0.15) is 31.9 Å². The minimum atomic E-state index is -0.727. The summed E-state index contributed by atoms with van der Waals surface area (Å²) < 4.78 is 0. The van der Waals surface area contributed by atoms with Gasteiger partial charge < -0.3 is 16.2 Å². The summed E-state index contributed by atoms with van der Waals surface area (Å²) in [6.45, 7) is 5.11. The van der Waals surface area contributed by atoms with E-state index in [1.807, 2.05) is 12.1 Å². The molecule has 0 aliphatic carbocycles. The van der Waals surface area contributed by atoms with Crippen LogP contribution in [0.5, 0.6) is 0 Å². The number of aliphatic imine (C=N–C) groups is 1. The molecule has 0 heterocycles. The van der Waals surface area contributed by atoms with Gasteiger partial charge in [-0.05, 0) is 38.5 Å². The Labute approximate surface area is 147 Å². The van der Waals surface area contributed by atoms with Gasteiger partial charge in [0, 0.05) is 12.6 Å². The number of carbonyl (C=O) groups excluding carboxylic acids is 1. The molecular weight excluding hydrogens is 318 g/mol. The molecule has 1 rings (SSSR count). The first-order chi connectivity index (χ1) is 11.8. The maximum atomic E-state index is 12.4. The fourth-order valence-corrected chi connectivity index (χ4v) is 1.93. The third-order valence-electron chi connectivity index (χ3n) is 3.10. The molecule has 4 N–H and O–H groups in total. The maximum Gasteiger partial charge on any atom is 0.270 e. The SMILES string of the molecule is CC(O)CNC(=O)C(=NC(C)C)C(C#N)=C(N)c1ccc(C#N)cc1. The van der Waals surface area contributed by atoms with E-state index < -0.39 is 12.0 Å². The van der Waals surface area contributed by atoms with Gasteiger partial charge in [0.15, 0.2) is 0 Å². The Morgan fingerprint density at radius 2 is 1.88 bits per heavy atom. The Kier molecular flexibility index (Phi) is 7.33. The lowest BCUT2D eigenvalue weighted by Gasteiger charge is -2.12. The maximum absolute atomic E-state index is 12.4. The molecule has 0 fully saturated rings. The van der Waals surface area contributed by atoms with E-state index in [9.17, 15) is 15.2 Å². The Balaban J connectivity index is 3.34. The molecule has 0 aliphatic heterocycles. The number of hydrogen-bond acceptors (Lipinski definition) is 6. The zero-order valence-corrected chi connectivity index (χ0v) is 14.4. The number of amides is 1. The number of hydrogen-bond donors (Lipinski definition) is 3. The van der Waals surface area contributed by atoms with Crippen LogP contribution in [0, 0.1) is 22.7 Å². The van der Waals surface area contributed by atoms with E-state index in [0.717, 1.165) is 0 Å². The van der Waals surface area contributed by atoms with Crippen molar-refractivity contribution in [1.29, 1.82) is 10.5 Å². The second-order valence-corrected chi connectivity index (χ2v) is 5.72. The fraction of sp³-hybridized carbons (Fsp3) is 0.333. The lowest BCUT2D eigenvalue weighted by molar-refractivity contribution is -0.115. The van der Waals surface area contributed by atoms with E-state index in [0.29, 0.717) is 11.1 Å². The minimum absolute atomic E-state index is 0.0332.